The first-order valence-corrected chi connectivity index (χ1v) is 16.3. The number of anilines is 1. The molecule has 228 valence electrons. The highest BCUT2D eigenvalue weighted by molar-refractivity contribution is 7.94. The lowest BCUT2D eigenvalue weighted by Gasteiger charge is -2.25. The van der Waals surface area contributed by atoms with Crippen LogP contribution in [0.1, 0.15) is 104 Å². The van der Waals surface area contributed by atoms with Gasteiger partial charge in [0.15, 0.2) is 5.71 Å². The molecule has 0 saturated carbocycles. The number of rotatable bonds is 12. The zero-order chi connectivity index (χ0) is 30.7. The van der Waals surface area contributed by atoms with Gasteiger partial charge >= 0.3 is 0 Å². The number of allylic oxidation sites excluding steroid dienone is 4. The maximum absolute atomic E-state index is 8.67. The van der Waals surface area contributed by atoms with Crippen molar-refractivity contribution in [2.75, 3.05) is 18.0 Å². The fraction of sp³-hybridized carbons (Fsp3) is 0.528. The monoisotopic (exact) mass is 591 g/mol. The lowest BCUT2D eigenvalue weighted by Crippen LogP contribution is -2.28. The van der Waals surface area contributed by atoms with Crippen LogP contribution >= 0.6 is 12.0 Å². The Labute approximate surface area is 258 Å². The fourth-order valence-electron chi connectivity index (χ4n) is 6.64. The molecule has 0 spiro atoms. The van der Waals surface area contributed by atoms with Crippen molar-refractivity contribution in [3.8, 4) is 0 Å². The summed E-state index contributed by atoms with van der Waals surface area (Å²) in [5, 5.41) is 12.5. The Morgan fingerprint density at radius 3 is 2.38 bits per heavy atom. The topological polar surface area (TPSA) is 44.9 Å². The maximum atomic E-state index is 8.67. The number of unbranched alkanes of at least 4 members (excludes halogenated alkanes) is 3. The van der Waals surface area contributed by atoms with E-state index in [4.69, 9.17) is 9.59 Å². The molecule has 0 saturated heterocycles. The van der Waals surface area contributed by atoms with Gasteiger partial charge in [0, 0.05) is 52.4 Å². The third-order valence-corrected chi connectivity index (χ3v) is 9.53. The van der Waals surface area contributed by atoms with Crippen molar-refractivity contribution >= 4 is 29.1 Å². The van der Waals surface area contributed by atoms with Gasteiger partial charge < -0.3 is 4.90 Å². The van der Waals surface area contributed by atoms with Crippen LogP contribution in [-0.2, 0) is 20.2 Å². The van der Waals surface area contributed by atoms with Crippen LogP contribution in [0.5, 0.6) is 0 Å². The largest absolute Gasteiger partial charge is 0.344 e. The molecule has 5 nitrogen and oxygen atoms in total. The number of fused-ring (bicyclic) bond motifs is 2. The number of hydrogen-bond donors (Lipinski definition) is 1. The van der Waals surface area contributed by atoms with Gasteiger partial charge in [-0.25, -0.2) is 5.26 Å². The number of benzene rings is 2. The minimum Gasteiger partial charge on any atom is -0.344 e. The number of hydrogen-bond acceptors (Lipinski definition) is 5. The van der Waals surface area contributed by atoms with Crippen LogP contribution in [0.3, 0.4) is 0 Å². The molecule has 2 aliphatic heterocycles. The Morgan fingerprint density at radius 1 is 0.952 bits per heavy atom. The highest BCUT2D eigenvalue weighted by Crippen LogP contribution is 2.48. The lowest BCUT2D eigenvalue weighted by molar-refractivity contribution is -0.438. The van der Waals surface area contributed by atoms with Crippen LogP contribution in [0.2, 0.25) is 0 Å². The van der Waals surface area contributed by atoms with Gasteiger partial charge in [-0.15, -0.1) is 4.33 Å². The Kier molecular flexibility index (Phi) is 10.1. The van der Waals surface area contributed by atoms with Gasteiger partial charge in [-0.3, -0.25) is 0 Å². The van der Waals surface area contributed by atoms with Crippen molar-refractivity contribution in [2.45, 2.75) is 110 Å². The van der Waals surface area contributed by atoms with Crippen LogP contribution in [-0.4, -0.2) is 28.6 Å². The smallest absolute Gasteiger partial charge is 0.209 e. The molecule has 2 aromatic rings. The predicted molar refractivity (Wildman–Crippen MR) is 177 cm³/mol. The number of likely N-dealkylation sites (N-methyl/N-ethyl adjacent to an activating group) is 1. The lowest BCUT2D eigenvalue weighted by atomic mass is 9.81. The van der Waals surface area contributed by atoms with Crippen molar-refractivity contribution < 1.29 is 19.2 Å². The molecule has 0 unspecified atom stereocenters. The summed E-state index contributed by atoms with van der Waals surface area (Å²) >= 11 is 1.02. The van der Waals surface area contributed by atoms with Crippen LogP contribution in [0.25, 0.3) is 0 Å². The summed E-state index contributed by atoms with van der Waals surface area (Å²) in [4.78, 5) is 3.35. The molecular formula is C36H51N2O3S+. The Bertz CT molecular complexity index is 1360. The van der Waals surface area contributed by atoms with Crippen molar-refractivity contribution in [1.29, 1.82) is 0 Å². The first kappa shape index (κ1) is 32.5. The van der Waals surface area contributed by atoms with E-state index in [9.17, 15) is 0 Å². The van der Waals surface area contributed by atoms with Crippen LogP contribution in [0, 0.1) is 12.3 Å². The van der Waals surface area contributed by atoms with Crippen molar-refractivity contribution in [3.05, 3.63) is 77.0 Å². The molecule has 0 atom stereocenters. The average Bonchev–Trinajstić information content (AvgIpc) is 3.26. The van der Waals surface area contributed by atoms with E-state index < -0.39 is 0 Å². The second-order valence-electron chi connectivity index (χ2n) is 14.1. The molecule has 2 heterocycles. The molecule has 1 N–H and O–H groups in total. The molecular weight excluding hydrogens is 540 g/mol. The molecule has 4 rings (SSSR count). The molecule has 2 aliphatic rings. The van der Waals surface area contributed by atoms with Crippen LogP contribution < -0.4 is 4.90 Å². The maximum Gasteiger partial charge on any atom is 0.209 e. The summed E-state index contributed by atoms with van der Waals surface area (Å²) in [6.07, 6.45) is 13.1. The van der Waals surface area contributed by atoms with Crippen LogP contribution in [0.4, 0.5) is 11.4 Å². The van der Waals surface area contributed by atoms with Gasteiger partial charge in [-0.2, -0.15) is 4.58 Å². The van der Waals surface area contributed by atoms with E-state index in [2.05, 4.69) is 125 Å². The summed E-state index contributed by atoms with van der Waals surface area (Å²) in [5.41, 5.74) is 9.32. The third-order valence-electron chi connectivity index (χ3n) is 8.95. The molecule has 2 aromatic carbocycles. The summed E-state index contributed by atoms with van der Waals surface area (Å²) in [7, 11) is 0. The van der Waals surface area contributed by atoms with Gasteiger partial charge in [-0.05, 0) is 75.8 Å². The van der Waals surface area contributed by atoms with Gasteiger partial charge in [0.1, 0.15) is 6.54 Å². The van der Waals surface area contributed by atoms with E-state index in [1.807, 2.05) is 6.07 Å². The Balaban J connectivity index is 1.64. The Morgan fingerprint density at radius 2 is 1.69 bits per heavy atom. The van der Waals surface area contributed by atoms with E-state index in [0.29, 0.717) is 5.41 Å². The SMILES string of the molecule is CCN1/C(=C/C=C/C2=[N+](CCCCCCC(C)(C)C)c3ccc(SOOO)cc3C2(C)C)C(C)(C)c2cc(C)ccc21. The standard InChI is InChI=1S/C36H50N2O3S/c1-10-37-30-20-18-26(2)24-28(30)35(6,7)32(37)16-15-17-33-36(8,9)29-25-27(42-41-40-39)19-21-31(29)38(33)23-14-12-11-13-22-34(3,4)5/h15-21,24-25H,10-14,22-23H2,1-9H3/p+1. The average molecular weight is 592 g/mol. The zero-order valence-corrected chi connectivity index (χ0v) is 28.0. The zero-order valence-electron chi connectivity index (χ0n) is 27.2. The van der Waals surface area contributed by atoms with E-state index >= 15 is 0 Å². The fourth-order valence-corrected chi connectivity index (χ4v) is 7.04. The second-order valence-corrected chi connectivity index (χ2v) is 14.9. The van der Waals surface area contributed by atoms with Gasteiger partial charge in [0.05, 0.1) is 17.5 Å². The normalized spacial score (nSPS) is 18.4. The van der Waals surface area contributed by atoms with E-state index in [1.165, 1.54) is 65.2 Å². The van der Waals surface area contributed by atoms with Crippen molar-refractivity contribution in [1.82, 2.24) is 0 Å². The highest BCUT2D eigenvalue weighted by Gasteiger charge is 2.44. The molecule has 0 fully saturated rings. The molecule has 6 heteroatoms. The third kappa shape index (κ3) is 6.88. The molecule has 0 aromatic heterocycles. The second kappa shape index (κ2) is 13.1. The predicted octanol–water partition coefficient (Wildman–Crippen LogP) is 10.1. The van der Waals surface area contributed by atoms with Gasteiger partial charge in [0.2, 0.25) is 5.69 Å². The first-order chi connectivity index (χ1) is 19.8. The van der Waals surface area contributed by atoms with Crippen molar-refractivity contribution in [3.63, 3.8) is 0 Å². The van der Waals surface area contributed by atoms with Crippen molar-refractivity contribution in [2.24, 2.45) is 5.41 Å². The first-order valence-electron chi connectivity index (χ1n) is 15.5. The highest BCUT2D eigenvalue weighted by atomic mass is 32.2. The van der Waals surface area contributed by atoms with E-state index in [1.54, 1.807) is 0 Å². The van der Waals surface area contributed by atoms with Gasteiger partial charge in [0.25, 0.3) is 0 Å². The molecule has 42 heavy (non-hydrogen) atoms. The minimum atomic E-state index is -0.192. The summed E-state index contributed by atoms with van der Waals surface area (Å²) in [5.74, 6) is 0. The summed E-state index contributed by atoms with van der Waals surface area (Å²) in [6.45, 7) is 22.6. The van der Waals surface area contributed by atoms with Gasteiger partial charge in [-0.1, -0.05) is 76.3 Å². The summed E-state index contributed by atoms with van der Waals surface area (Å²) in [6, 6.07) is 13.2. The molecule has 0 aliphatic carbocycles. The molecule has 0 amide bonds. The number of nitrogens with zero attached hydrogens (tertiary/aromatic N) is 2. The molecule has 0 bridgehead atoms. The quantitative estimate of drug-likeness (QED) is 0.0875. The molecule has 0 radical (unpaired) electrons. The van der Waals surface area contributed by atoms with E-state index in [0.717, 1.165) is 36.4 Å². The minimum absolute atomic E-state index is 0.0613. The Hall–Kier alpha value is -2.38. The van der Waals surface area contributed by atoms with Crippen LogP contribution in [0.15, 0.2) is 65.2 Å². The van der Waals surface area contributed by atoms with E-state index in [-0.39, 0.29) is 10.8 Å². The summed E-state index contributed by atoms with van der Waals surface area (Å²) < 4.78 is 7.26. The number of aryl methyl sites for hydroxylation is 1.